The molecule has 0 unspecified atom stereocenters. The Bertz CT molecular complexity index is 155. The molecule has 0 amide bonds. The van der Waals surface area contributed by atoms with E-state index in [1.165, 1.54) is 0 Å². The molecule has 1 N–H and O–H groups in total. The van der Waals surface area contributed by atoms with E-state index in [0.29, 0.717) is 0 Å². The molecule has 55 valence electrons. The van der Waals surface area contributed by atoms with Crippen LogP contribution in [-0.2, 0) is 0 Å². The maximum absolute atomic E-state index is 9.68. The molecule has 0 heterocycles. The number of hydrogen-bond acceptors (Lipinski definition) is 1. The molecule has 0 bridgehead atoms. The Labute approximate surface area is 62.4 Å². The quantitative estimate of drug-likeness (QED) is 0.502. The van der Waals surface area contributed by atoms with Crippen molar-refractivity contribution in [2.75, 3.05) is 0 Å². The molecule has 1 saturated carbocycles. The molecule has 0 aliphatic heterocycles. The molecule has 0 aromatic heterocycles. The molecule has 0 aromatic rings. The van der Waals surface area contributed by atoms with E-state index in [1.807, 2.05) is 0 Å². The molecule has 10 heavy (non-hydrogen) atoms. The summed E-state index contributed by atoms with van der Waals surface area (Å²) in [4.78, 5) is 0. The van der Waals surface area contributed by atoms with Crippen molar-refractivity contribution in [2.24, 2.45) is 0 Å². The zero-order valence-electron chi connectivity index (χ0n) is 6.35. The molecule has 1 rings (SSSR count). The molecule has 0 aromatic carbocycles. The van der Waals surface area contributed by atoms with Crippen molar-refractivity contribution in [3.8, 4) is 11.8 Å². The van der Waals surface area contributed by atoms with Gasteiger partial charge in [0.2, 0.25) is 0 Å². The third-order valence-corrected chi connectivity index (χ3v) is 1.88. The summed E-state index contributed by atoms with van der Waals surface area (Å²) in [7, 11) is 0. The molecule has 0 spiro atoms. The third kappa shape index (κ3) is 1.75. The molecule has 0 atom stereocenters. The highest BCUT2D eigenvalue weighted by Gasteiger charge is 2.26. The van der Waals surface area contributed by atoms with Gasteiger partial charge in [0, 0.05) is 0 Å². The minimum absolute atomic E-state index is 0.663. The van der Waals surface area contributed by atoms with Crippen LogP contribution in [0.2, 0.25) is 0 Å². The van der Waals surface area contributed by atoms with Crippen LogP contribution in [-0.4, -0.2) is 10.7 Å². The zero-order valence-corrected chi connectivity index (χ0v) is 6.35. The van der Waals surface area contributed by atoms with Gasteiger partial charge < -0.3 is 5.11 Å². The van der Waals surface area contributed by atoms with E-state index in [0.717, 1.165) is 25.7 Å². The molecule has 1 radical (unpaired) electrons. The zero-order chi connectivity index (χ0) is 7.45. The number of hydrogen-bond donors (Lipinski definition) is 1. The summed E-state index contributed by atoms with van der Waals surface area (Å²) < 4.78 is 0. The first-order valence-corrected chi connectivity index (χ1v) is 3.75. The van der Waals surface area contributed by atoms with Crippen LogP contribution in [0.25, 0.3) is 0 Å². The first kappa shape index (κ1) is 7.63. The predicted octanol–water partition coefficient (Wildman–Crippen LogP) is 1.52. The Morgan fingerprint density at radius 2 is 2.00 bits per heavy atom. The van der Waals surface area contributed by atoms with Gasteiger partial charge >= 0.3 is 0 Å². The summed E-state index contributed by atoms with van der Waals surface area (Å²) in [6.45, 7) is 1.77. The van der Waals surface area contributed by atoms with Crippen molar-refractivity contribution < 1.29 is 5.11 Å². The van der Waals surface area contributed by atoms with Gasteiger partial charge in [0.1, 0.15) is 5.60 Å². The molecule has 0 saturated heterocycles. The molecule has 1 aliphatic rings. The number of rotatable bonds is 0. The van der Waals surface area contributed by atoms with Crippen molar-refractivity contribution in [1.82, 2.24) is 0 Å². The second-order valence-corrected chi connectivity index (χ2v) is 2.77. The van der Waals surface area contributed by atoms with Crippen molar-refractivity contribution in [3.63, 3.8) is 0 Å². The smallest absolute Gasteiger partial charge is 0.125 e. The Balaban J connectivity index is 2.53. The Hall–Kier alpha value is -0.480. The average Bonchev–Trinajstić information content (AvgIpc) is 1.89. The fourth-order valence-electron chi connectivity index (χ4n) is 1.31. The van der Waals surface area contributed by atoms with Gasteiger partial charge in [-0.15, -0.1) is 5.92 Å². The first-order chi connectivity index (χ1) is 4.77. The maximum atomic E-state index is 9.68. The minimum atomic E-state index is -0.663. The molecule has 1 nitrogen and oxygen atoms in total. The van der Waals surface area contributed by atoms with Gasteiger partial charge in [-0.25, -0.2) is 0 Å². The topological polar surface area (TPSA) is 20.2 Å². The highest BCUT2D eigenvalue weighted by molar-refractivity contribution is 5.14. The summed E-state index contributed by atoms with van der Waals surface area (Å²) in [5, 5.41) is 9.68. The van der Waals surface area contributed by atoms with E-state index in [-0.39, 0.29) is 0 Å². The lowest BCUT2D eigenvalue weighted by atomic mass is 9.85. The Morgan fingerprint density at radius 1 is 1.40 bits per heavy atom. The molecule has 1 fully saturated rings. The first-order valence-electron chi connectivity index (χ1n) is 3.75. The van der Waals surface area contributed by atoms with Crippen LogP contribution >= 0.6 is 0 Å². The van der Waals surface area contributed by atoms with E-state index in [9.17, 15) is 5.11 Å². The van der Waals surface area contributed by atoms with Crippen LogP contribution in [0.1, 0.15) is 32.6 Å². The fourth-order valence-corrected chi connectivity index (χ4v) is 1.31. The molecule has 1 heteroatoms. The van der Waals surface area contributed by atoms with Crippen molar-refractivity contribution >= 4 is 0 Å². The van der Waals surface area contributed by atoms with Crippen LogP contribution in [0.3, 0.4) is 0 Å². The second kappa shape index (κ2) is 3.07. The maximum Gasteiger partial charge on any atom is 0.125 e. The molecular formula is C9H13O. The van der Waals surface area contributed by atoms with Crippen molar-refractivity contribution in [3.05, 3.63) is 6.42 Å². The standard InChI is InChI=1S/C9H13O/c1-2-6-9(10)7-4-3-5-8-9/h3,10H,4-5,7-8H2,1H3. The summed E-state index contributed by atoms with van der Waals surface area (Å²) in [6, 6.07) is 0. The van der Waals surface area contributed by atoms with Crippen molar-refractivity contribution in [2.45, 2.75) is 38.2 Å². The number of aliphatic hydroxyl groups is 1. The third-order valence-electron chi connectivity index (χ3n) is 1.88. The van der Waals surface area contributed by atoms with Gasteiger partial charge in [0.05, 0.1) is 0 Å². The lowest BCUT2D eigenvalue weighted by Gasteiger charge is -2.26. The highest BCUT2D eigenvalue weighted by Crippen LogP contribution is 2.26. The largest absolute Gasteiger partial charge is 0.378 e. The van der Waals surface area contributed by atoms with Gasteiger partial charge in [0.25, 0.3) is 0 Å². The van der Waals surface area contributed by atoms with Gasteiger partial charge in [-0.3, -0.25) is 0 Å². The van der Waals surface area contributed by atoms with E-state index < -0.39 is 5.60 Å². The predicted molar refractivity (Wildman–Crippen MR) is 41.2 cm³/mol. The summed E-state index contributed by atoms with van der Waals surface area (Å²) >= 11 is 0. The van der Waals surface area contributed by atoms with Gasteiger partial charge in [-0.05, 0) is 39.0 Å². The monoisotopic (exact) mass is 137 g/mol. The van der Waals surface area contributed by atoms with Crippen molar-refractivity contribution in [1.29, 1.82) is 0 Å². The summed E-state index contributed by atoms with van der Waals surface area (Å²) in [5.41, 5.74) is -0.663. The van der Waals surface area contributed by atoms with Crippen LogP contribution < -0.4 is 0 Å². The normalized spacial score (nSPS) is 23.0. The molecular weight excluding hydrogens is 124 g/mol. The summed E-state index contributed by atoms with van der Waals surface area (Å²) in [6.07, 6.45) is 5.85. The lowest BCUT2D eigenvalue weighted by molar-refractivity contribution is 0.0713. The van der Waals surface area contributed by atoms with E-state index in [2.05, 4.69) is 18.3 Å². The van der Waals surface area contributed by atoms with Gasteiger partial charge in [-0.1, -0.05) is 5.92 Å². The Morgan fingerprint density at radius 3 is 2.50 bits per heavy atom. The summed E-state index contributed by atoms with van der Waals surface area (Å²) in [5.74, 6) is 5.61. The van der Waals surface area contributed by atoms with Gasteiger partial charge in [-0.2, -0.15) is 0 Å². The molecule has 1 aliphatic carbocycles. The second-order valence-electron chi connectivity index (χ2n) is 2.77. The van der Waals surface area contributed by atoms with Crippen LogP contribution in [0.5, 0.6) is 0 Å². The highest BCUT2D eigenvalue weighted by atomic mass is 16.3. The Kier molecular flexibility index (Phi) is 2.34. The van der Waals surface area contributed by atoms with Gasteiger partial charge in [0.15, 0.2) is 0 Å². The SMILES string of the molecule is CC#CC1(O)CC[CH]CC1. The lowest BCUT2D eigenvalue weighted by Crippen LogP contribution is -2.29. The average molecular weight is 137 g/mol. The van der Waals surface area contributed by atoms with E-state index >= 15 is 0 Å². The van der Waals surface area contributed by atoms with E-state index in [4.69, 9.17) is 0 Å². The van der Waals surface area contributed by atoms with Crippen LogP contribution in [0, 0.1) is 18.3 Å². The van der Waals surface area contributed by atoms with E-state index in [1.54, 1.807) is 6.92 Å². The van der Waals surface area contributed by atoms with Crippen LogP contribution in [0.15, 0.2) is 0 Å². The van der Waals surface area contributed by atoms with Crippen LogP contribution in [0.4, 0.5) is 0 Å². The minimum Gasteiger partial charge on any atom is -0.378 e. The fraction of sp³-hybridized carbons (Fsp3) is 0.667.